The van der Waals surface area contributed by atoms with Crippen molar-refractivity contribution < 1.29 is 18.7 Å². The molecule has 0 spiro atoms. The SMILES string of the molecule is O=C(OCCOc1ccccc1)c1c2c(nc3ccccc13)C(=Cc1c(F)cccc1Cl)CC2. The molecule has 0 N–H and O–H groups in total. The van der Waals surface area contributed by atoms with E-state index in [4.69, 9.17) is 26.1 Å². The van der Waals surface area contributed by atoms with Crippen molar-refractivity contribution in [2.45, 2.75) is 12.8 Å². The van der Waals surface area contributed by atoms with E-state index >= 15 is 0 Å². The van der Waals surface area contributed by atoms with Crippen LogP contribution in [0.4, 0.5) is 4.39 Å². The monoisotopic (exact) mass is 473 g/mol. The number of fused-ring (bicyclic) bond motifs is 2. The Morgan fingerprint density at radius 2 is 1.76 bits per heavy atom. The smallest absolute Gasteiger partial charge is 0.339 e. The first-order valence-corrected chi connectivity index (χ1v) is 11.4. The fourth-order valence-electron chi connectivity index (χ4n) is 4.22. The number of nitrogens with zero attached hydrogens (tertiary/aromatic N) is 1. The number of carbonyl (C=O) groups excluding carboxylic acids is 1. The predicted octanol–water partition coefficient (Wildman–Crippen LogP) is 6.75. The topological polar surface area (TPSA) is 48.4 Å². The predicted molar refractivity (Wildman–Crippen MR) is 132 cm³/mol. The van der Waals surface area contributed by atoms with Crippen LogP contribution in [0.2, 0.25) is 5.02 Å². The van der Waals surface area contributed by atoms with Crippen molar-refractivity contribution in [3.05, 3.63) is 106 Å². The average Bonchev–Trinajstić information content (AvgIpc) is 3.25. The summed E-state index contributed by atoms with van der Waals surface area (Å²) in [6.45, 7) is 0.366. The van der Waals surface area contributed by atoms with Gasteiger partial charge in [-0.15, -0.1) is 0 Å². The van der Waals surface area contributed by atoms with Crippen LogP contribution in [0, 0.1) is 5.82 Å². The standard InChI is InChI=1S/C28H21ClFNO3/c29-23-10-6-11-24(30)22(23)17-18-13-14-21-26(20-9-4-5-12-25(20)31-27(18)21)28(32)34-16-15-33-19-7-2-1-3-8-19/h1-12,17H,13-16H2. The van der Waals surface area contributed by atoms with E-state index in [1.807, 2.05) is 54.6 Å². The molecule has 3 aromatic carbocycles. The Kier molecular flexibility index (Phi) is 6.28. The van der Waals surface area contributed by atoms with Gasteiger partial charge in [0.1, 0.15) is 24.8 Å². The molecular weight excluding hydrogens is 453 g/mol. The summed E-state index contributed by atoms with van der Waals surface area (Å²) < 4.78 is 25.6. The van der Waals surface area contributed by atoms with Crippen LogP contribution in [-0.4, -0.2) is 24.2 Å². The molecular formula is C28H21ClFNO3. The summed E-state index contributed by atoms with van der Waals surface area (Å²) in [7, 11) is 0. The molecule has 0 atom stereocenters. The van der Waals surface area contributed by atoms with Crippen LogP contribution < -0.4 is 4.74 Å². The molecule has 1 aliphatic carbocycles. The highest BCUT2D eigenvalue weighted by molar-refractivity contribution is 6.32. The number of allylic oxidation sites excluding steroid dienone is 1. The number of hydrogen-bond acceptors (Lipinski definition) is 4. The number of rotatable bonds is 6. The molecule has 4 aromatic rings. The van der Waals surface area contributed by atoms with Crippen LogP contribution in [-0.2, 0) is 11.2 Å². The van der Waals surface area contributed by atoms with Gasteiger partial charge in [0.05, 0.1) is 21.8 Å². The van der Waals surface area contributed by atoms with Crippen molar-refractivity contribution in [1.29, 1.82) is 0 Å². The van der Waals surface area contributed by atoms with Crippen molar-refractivity contribution >= 4 is 40.1 Å². The summed E-state index contributed by atoms with van der Waals surface area (Å²) in [5.41, 5.74) is 3.85. The number of pyridine rings is 1. The van der Waals surface area contributed by atoms with Crippen molar-refractivity contribution in [3.8, 4) is 5.75 Å². The summed E-state index contributed by atoms with van der Waals surface area (Å²) in [5.74, 6) is -0.0978. The van der Waals surface area contributed by atoms with Gasteiger partial charge in [0.2, 0.25) is 0 Å². The van der Waals surface area contributed by atoms with Crippen LogP contribution in [0.15, 0.2) is 72.8 Å². The second-order valence-corrected chi connectivity index (χ2v) is 8.34. The number of para-hydroxylation sites is 2. The normalized spacial score (nSPS) is 13.8. The Balaban J connectivity index is 1.46. The molecule has 5 rings (SSSR count). The fraction of sp³-hybridized carbons (Fsp3) is 0.143. The third kappa shape index (κ3) is 4.39. The lowest BCUT2D eigenvalue weighted by Gasteiger charge is -2.13. The van der Waals surface area contributed by atoms with Crippen molar-refractivity contribution in [2.24, 2.45) is 0 Å². The third-order valence-corrected chi connectivity index (χ3v) is 6.12. The first kappa shape index (κ1) is 22.1. The van der Waals surface area contributed by atoms with Crippen molar-refractivity contribution in [1.82, 2.24) is 4.98 Å². The minimum Gasteiger partial charge on any atom is -0.490 e. The van der Waals surface area contributed by atoms with E-state index in [1.54, 1.807) is 18.2 Å². The van der Waals surface area contributed by atoms with Crippen LogP contribution in [0.1, 0.15) is 33.6 Å². The Labute approximate surface area is 201 Å². The highest BCUT2D eigenvalue weighted by atomic mass is 35.5. The van der Waals surface area contributed by atoms with Gasteiger partial charge < -0.3 is 9.47 Å². The highest BCUT2D eigenvalue weighted by Crippen LogP contribution is 2.38. The zero-order valence-corrected chi connectivity index (χ0v) is 19.0. The van der Waals surface area contributed by atoms with Gasteiger partial charge in [-0.1, -0.05) is 54.1 Å². The molecule has 6 heteroatoms. The number of esters is 1. The minimum absolute atomic E-state index is 0.118. The molecule has 0 saturated carbocycles. The van der Waals surface area contributed by atoms with E-state index in [-0.39, 0.29) is 13.2 Å². The Morgan fingerprint density at radius 1 is 0.971 bits per heavy atom. The summed E-state index contributed by atoms with van der Waals surface area (Å²) in [5, 5.41) is 1.07. The lowest BCUT2D eigenvalue weighted by molar-refractivity contribution is 0.0451. The van der Waals surface area contributed by atoms with Crippen LogP contribution in [0.5, 0.6) is 5.75 Å². The van der Waals surface area contributed by atoms with Gasteiger partial charge in [-0.3, -0.25) is 0 Å². The number of ether oxygens (including phenoxy) is 2. The molecule has 4 nitrogen and oxygen atoms in total. The van der Waals surface area contributed by atoms with Crippen molar-refractivity contribution in [3.63, 3.8) is 0 Å². The van der Waals surface area contributed by atoms with Gasteiger partial charge in [0.15, 0.2) is 0 Å². The van der Waals surface area contributed by atoms with Crippen LogP contribution in [0.25, 0.3) is 22.6 Å². The molecule has 0 radical (unpaired) electrons. The molecule has 170 valence electrons. The average molecular weight is 474 g/mol. The first-order chi connectivity index (χ1) is 16.6. The number of hydrogen-bond donors (Lipinski definition) is 0. The summed E-state index contributed by atoms with van der Waals surface area (Å²) in [6, 6.07) is 21.4. The van der Waals surface area contributed by atoms with Gasteiger partial charge >= 0.3 is 5.97 Å². The highest BCUT2D eigenvalue weighted by Gasteiger charge is 2.28. The van der Waals surface area contributed by atoms with E-state index in [2.05, 4.69) is 0 Å². The zero-order valence-electron chi connectivity index (χ0n) is 18.3. The molecule has 1 aromatic heterocycles. The van der Waals surface area contributed by atoms with E-state index in [9.17, 15) is 9.18 Å². The maximum absolute atomic E-state index is 14.4. The Hall–Kier alpha value is -3.70. The second-order valence-electron chi connectivity index (χ2n) is 7.93. The third-order valence-electron chi connectivity index (χ3n) is 5.79. The lowest BCUT2D eigenvalue weighted by Crippen LogP contribution is -2.15. The molecule has 1 heterocycles. The molecule has 0 unspecified atom stereocenters. The lowest BCUT2D eigenvalue weighted by atomic mass is 10.0. The molecule has 34 heavy (non-hydrogen) atoms. The summed E-state index contributed by atoms with van der Waals surface area (Å²) in [4.78, 5) is 18.0. The number of benzene rings is 3. The van der Waals surface area contributed by atoms with E-state index < -0.39 is 11.8 Å². The number of halogens is 2. The zero-order chi connectivity index (χ0) is 23.5. The van der Waals surface area contributed by atoms with Crippen molar-refractivity contribution in [2.75, 3.05) is 13.2 Å². The summed E-state index contributed by atoms with van der Waals surface area (Å²) >= 11 is 6.24. The largest absolute Gasteiger partial charge is 0.490 e. The van der Waals surface area contributed by atoms with E-state index in [0.717, 1.165) is 22.3 Å². The van der Waals surface area contributed by atoms with Gasteiger partial charge in [-0.05, 0) is 60.4 Å². The molecule has 0 amide bonds. The summed E-state index contributed by atoms with van der Waals surface area (Å²) in [6.07, 6.45) is 2.96. The molecule has 1 aliphatic rings. The van der Waals surface area contributed by atoms with Gasteiger partial charge in [-0.25, -0.2) is 14.2 Å². The second kappa shape index (κ2) is 9.65. The Morgan fingerprint density at radius 3 is 2.59 bits per heavy atom. The quantitative estimate of drug-likeness (QED) is 0.229. The molecule has 0 aliphatic heterocycles. The minimum atomic E-state index is -0.420. The molecule has 0 fully saturated rings. The number of aromatic nitrogens is 1. The van der Waals surface area contributed by atoms with Gasteiger partial charge in [0, 0.05) is 10.9 Å². The maximum atomic E-state index is 14.4. The van der Waals surface area contributed by atoms with E-state index in [1.165, 1.54) is 6.07 Å². The van der Waals surface area contributed by atoms with Gasteiger partial charge in [-0.2, -0.15) is 0 Å². The first-order valence-electron chi connectivity index (χ1n) is 11.0. The molecule has 0 saturated heterocycles. The van der Waals surface area contributed by atoms with Crippen LogP contribution >= 0.6 is 11.6 Å². The van der Waals surface area contributed by atoms with Crippen LogP contribution in [0.3, 0.4) is 0 Å². The van der Waals surface area contributed by atoms with E-state index in [0.29, 0.717) is 40.2 Å². The van der Waals surface area contributed by atoms with Gasteiger partial charge in [0.25, 0.3) is 0 Å². The number of carbonyl (C=O) groups is 1. The molecule has 0 bridgehead atoms. The fourth-order valence-corrected chi connectivity index (χ4v) is 4.44. The maximum Gasteiger partial charge on any atom is 0.339 e. The Bertz CT molecular complexity index is 1380.